The molecule has 0 aliphatic carbocycles. The van der Waals surface area contributed by atoms with E-state index in [2.05, 4.69) is 5.32 Å². The molecule has 19 heavy (non-hydrogen) atoms. The van der Waals surface area contributed by atoms with E-state index in [0.29, 0.717) is 18.2 Å². The first-order valence-electron chi connectivity index (χ1n) is 6.10. The number of ether oxygens (including phenoxy) is 1. The topological polar surface area (TPSA) is 41.5 Å². The molecule has 0 fully saturated rings. The Hall–Kier alpha value is -1.71. The fourth-order valence-corrected chi connectivity index (χ4v) is 1.86. The highest BCUT2D eigenvalue weighted by Gasteiger charge is 2.01. The summed E-state index contributed by atoms with van der Waals surface area (Å²) in [5, 5.41) is 12.9. The van der Waals surface area contributed by atoms with E-state index in [0.717, 1.165) is 17.0 Å². The monoisotopic (exact) mass is 277 g/mol. The highest BCUT2D eigenvalue weighted by molar-refractivity contribution is 6.33. The van der Waals surface area contributed by atoms with Gasteiger partial charge in [-0.2, -0.15) is 0 Å². The number of aliphatic hydroxyl groups excluding tert-OH is 1. The van der Waals surface area contributed by atoms with Crippen molar-refractivity contribution < 1.29 is 9.84 Å². The van der Waals surface area contributed by atoms with E-state index in [1.165, 1.54) is 0 Å². The molecule has 0 atom stereocenters. The summed E-state index contributed by atoms with van der Waals surface area (Å²) in [4.78, 5) is 0. The maximum atomic E-state index is 9.08. The standard InChI is InChI=1S/C15H16ClNO2/c16-14-7-6-12(11-18)10-15(14)17-8-9-19-13-4-2-1-3-5-13/h1-7,10,17-18H,8-9,11H2. The fraction of sp³-hybridized carbons (Fsp3) is 0.200. The molecular formula is C15H16ClNO2. The molecule has 3 nitrogen and oxygen atoms in total. The lowest BCUT2D eigenvalue weighted by Gasteiger charge is -2.11. The number of para-hydroxylation sites is 1. The molecule has 0 heterocycles. The second-order valence-corrected chi connectivity index (χ2v) is 4.47. The summed E-state index contributed by atoms with van der Waals surface area (Å²) in [6.45, 7) is 1.19. The molecule has 2 N–H and O–H groups in total. The molecule has 2 aromatic rings. The minimum Gasteiger partial charge on any atom is -0.492 e. The van der Waals surface area contributed by atoms with Crippen molar-refractivity contribution in [1.29, 1.82) is 0 Å². The SMILES string of the molecule is OCc1ccc(Cl)c(NCCOc2ccccc2)c1. The number of benzene rings is 2. The molecule has 2 rings (SSSR count). The van der Waals surface area contributed by atoms with E-state index in [1.807, 2.05) is 36.4 Å². The van der Waals surface area contributed by atoms with Crippen molar-refractivity contribution in [3.05, 3.63) is 59.1 Å². The van der Waals surface area contributed by atoms with Crippen molar-refractivity contribution in [1.82, 2.24) is 0 Å². The summed E-state index contributed by atoms with van der Waals surface area (Å²) in [6, 6.07) is 15.1. The molecule has 0 aromatic heterocycles. The zero-order valence-electron chi connectivity index (χ0n) is 10.5. The van der Waals surface area contributed by atoms with Gasteiger partial charge in [-0.1, -0.05) is 35.9 Å². The van der Waals surface area contributed by atoms with Crippen LogP contribution in [0.4, 0.5) is 5.69 Å². The van der Waals surface area contributed by atoms with Crippen molar-refractivity contribution in [2.24, 2.45) is 0 Å². The van der Waals surface area contributed by atoms with E-state index in [9.17, 15) is 0 Å². The van der Waals surface area contributed by atoms with Gasteiger partial charge in [-0.25, -0.2) is 0 Å². The van der Waals surface area contributed by atoms with Crippen LogP contribution in [0.25, 0.3) is 0 Å². The van der Waals surface area contributed by atoms with Gasteiger partial charge in [-0.15, -0.1) is 0 Å². The first-order chi connectivity index (χ1) is 9.29. The van der Waals surface area contributed by atoms with Gasteiger partial charge in [0, 0.05) is 6.54 Å². The predicted octanol–water partition coefficient (Wildman–Crippen LogP) is 3.32. The Morgan fingerprint density at radius 1 is 1.11 bits per heavy atom. The summed E-state index contributed by atoms with van der Waals surface area (Å²) >= 11 is 6.06. The molecule has 0 amide bonds. The first-order valence-corrected chi connectivity index (χ1v) is 6.48. The van der Waals surface area contributed by atoms with Crippen LogP contribution in [0.15, 0.2) is 48.5 Å². The minimum absolute atomic E-state index is 0.00631. The van der Waals surface area contributed by atoms with Gasteiger partial charge in [-0.3, -0.25) is 0 Å². The summed E-state index contributed by atoms with van der Waals surface area (Å²) < 4.78 is 5.57. The summed E-state index contributed by atoms with van der Waals surface area (Å²) in [5.74, 6) is 0.847. The molecule has 2 aromatic carbocycles. The third kappa shape index (κ3) is 4.16. The van der Waals surface area contributed by atoms with Crippen molar-refractivity contribution in [3.8, 4) is 5.75 Å². The van der Waals surface area contributed by atoms with Crippen LogP contribution >= 0.6 is 11.6 Å². The van der Waals surface area contributed by atoms with Crippen LogP contribution in [0.1, 0.15) is 5.56 Å². The van der Waals surface area contributed by atoms with Crippen LogP contribution in [-0.4, -0.2) is 18.3 Å². The van der Waals surface area contributed by atoms with E-state index < -0.39 is 0 Å². The molecule has 0 bridgehead atoms. The third-order valence-corrected chi connectivity index (χ3v) is 2.97. The average Bonchev–Trinajstić information content (AvgIpc) is 2.46. The Morgan fingerprint density at radius 3 is 2.63 bits per heavy atom. The lowest BCUT2D eigenvalue weighted by molar-refractivity contribution is 0.282. The number of hydrogen-bond acceptors (Lipinski definition) is 3. The summed E-state index contributed by atoms with van der Waals surface area (Å²) in [7, 11) is 0. The van der Waals surface area contributed by atoms with Gasteiger partial charge in [-0.05, 0) is 29.8 Å². The van der Waals surface area contributed by atoms with E-state index >= 15 is 0 Å². The Kier molecular flexibility index (Phi) is 5.07. The highest BCUT2D eigenvalue weighted by Crippen LogP contribution is 2.22. The number of anilines is 1. The van der Waals surface area contributed by atoms with Crippen molar-refractivity contribution in [2.75, 3.05) is 18.5 Å². The lowest BCUT2D eigenvalue weighted by Crippen LogP contribution is -2.11. The van der Waals surface area contributed by atoms with Gasteiger partial charge in [0.2, 0.25) is 0 Å². The van der Waals surface area contributed by atoms with Crippen LogP contribution in [0.5, 0.6) is 5.75 Å². The van der Waals surface area contributed by atoms with Crippen molar-refractivity contribution in [3.63, 3.8) is 0 Å². The molecule has 100 valence electrons. The molecular weight excluding hydrogens is 262 g/mol. The predicted molar refractivity (Wildman–Crippen MR) is 77.8 cm³/mol. The Bertz CT molecular complexity index is 517. The van der Waals surface area contributed by atoms with Crippen molar-refractivity contribution >= 4 is 17.3 Å². The van der Waals surface area contributed by atoms with Crippen LogP contribution < -0.4 is 10.1 Å². The Morgan fingerprint density at radius 2 is 1.89 bits per heavy atom. The smallest absolute Gasteiger partial charge is 0.119 e. The van der Waals surface area contributed by atoms with E-state index in [1.54, 1.807) is 12.1 Å². The Labute approximate surface area is 117 Å². The molecule has 0 aliphatic rings. The third-order valence-electron chi connectivity index (χ3n) is 2.64. The van der Waals surface area contributed by atoms with Crippen LogP contribution in [0.3, 0.4) is 0 Å². The quantitative estimate of drug-likeness (QED) is 0.796. The van der Waals surface area contributed by atoms with E-state index in [4.69, 9.17) is 21.4 Å². The van der Waals surface area contributed by atoms with E-state index in [-0.39, 0.29) is 6.61 Å². The number of nitrogens with one attached hydrogen (secondary N) is 1. The molecule has 0 spiro atoms. The largest absolute Gasteiger partial charge is 0.492 e. The highest BCUT2D eigenvalue weighted by atomic mass is 35.5. The molecule has 0 unspecified atom stereocenters. The molecule has 0 aliphatic heterocycles. The normalized spacial score (nSPS) is 10.2. The lowest BCUT2D eigenvalue weighted by atomic mass is 10.2. The van der Waals surface area contributed by atoms with Crippen molar-refractivity contribution in [2.45, 2.75) is 6.61 Å². The molecule has 0 saturated carbocycles. The fourth-order valence-electron chi connectivity index (χ4n) is 1.68. The zero-order chi connectivity index (χ0) is 13.5. The van der Waals surface area contributed by atoms with Gasteiger partial charge in [0.15, 0.2) is 0 Å². The maximum Gasteiger partial charge on any atom is 0.119 e. The summed E-state index contributed by atoms with van der Waals surface area (Å²) in [6.07, 6.45) is 0. The van der Waals surface area contributed by atoms with Crippen LogP contribution in [-0.2, 0) is 6.61 Å². The number of aliphatic hydroxyl groups is 1. The number of rotatable bonds is 6. The second-order valence-electron chi connectivity index (χ2n) is 4.06. The van der Waals surface area contributed by atoms with Gasteiger partial charge >= 0.3 is 0 Å². The number of hydrogen-bond donors (Lipinski definition) is 2. The average molecular weight is 278 g/mol. The molecule has 0 radical (unpaired) electrons. The van der Waals surface area contributed by atoms with Gasteiger partial charge in [0.25, 0.3) is 0 Å². The zero-order valence-corrected chi connectivity index (χ0v) is 11.2. The summed E-state index contributed by atoms with van der Waals surface area (Å²) in [5.41, 5.74) is 1.64. The minimum atomic E-state index is 0.00631. The van der Waals surface area contributed by atoms with Crippen LogP contribution in [0, 0.1) is 0 Å². The first kappa shape index (κ1) is 13.7. The Balaban J connectivity index is 1.82. The number of halogens is 1. The molecule has 0 saturated heterocycles. The van der Waals surface area contributed by atoms with Gasteiger partial charge in [0.05, 0.1) is 17.3 Å². The maximum absolute atomic E-state index is 9.08. The molecule has 4 heteroatoms. The second kappa shape index (κ2) is 7.02. The van der Waals surface area contributed by atoms with Gasteiger partial charge in [0.1, 0.15) is 12.4 Å². The van der Waals surface area contributed by atoms with Gasteiger partial charge < -0.3 is 15.2 Å². The van der Waals surface area contributed by atoms with Crippen LogP contribution in [0.2, 0.25) is 5.02 Å².